The van der Waals surface area contributed by atoms with Crippen LogP contribution >= 0.6 is 0 Å². The lowest BCUT2D eigenvalue weighted by Gasteiger charge is -2.51. The summed E-state index contributed by atoms with van der Waals surface area (Å²) < 4.78 is 8.93. The van der Waals surface area contributed by atoms with Crippen molar-refractivity contribution in [1.29, 1.82) is 0 Å². The number of aliphatic hydroxyl groups is 1. The molecule has 0 spiro atoms. The summed E-state index contributed by atoms with van der Waals surface area (Å²) in [4.78, 5) is 2.46. The highest BCUT2D eigenvalue weighted by Crippen LogP contribution is 2.57. The Labute approximate surface area is 181 Å². The maximum atomic E-state index is 11.8. The molecule has 164 valence electrons. The topological polar surface area (TPSA) is 37.6 Å². The molecule has 1 aromatic carbocycles. The molecule has 0 amide bonds. The van der Waals surface area contributed by atoms with E-state index in [-0.39, 0.29) is 17.6 Å². The molecule has 30 heavy (non-hydrogen) atoms. The van der Waals surface area contributed by atoms with Gasteiger partial charge < -0.3 is 19.3 Å². The van der Waals surface area contributed by atoms with Crippen LogP contribution in [0.15, 0.2) is 36.5 Å². The molecule has 3 unspecified atom stereocenters. The highest BCUT2D eigenvalue weighted by atomic mass is 16.5. The molecule has 3 atom stereocenters. The van der Waals surface area contributed by atoms with Crippen LogP contribution in [0.25, 0.3) is 10.9 Å². The molecule has 4 nitrogen and oxygen atoms in total. The largest absolute Gasteiger partial charge is 0.377 e. The van der Waals surface area contributed by atoms with E-state index in [4.69, 9.17) is 4.74 Å². The first-order valence-corrected chi connectivity index (χ1v) is 11.7. The molecule has 2 aromatic rings. The Morgan fingerprint density at radius 1 is 1.27 bits per heavy atom. The first-order chi connectivity index (χ1) is 14.3. The summed E-state index contributed by atoms with van der Waals surface area (Å²) in [6.07, 6.45) is 9.40. The predicted molar refractivity (Wildman–Crippen MR) is 123 cm³/mol. The Bertz CT molecular complexity index is 927. The van der Waals surface area contributed by atoms with Crippen molar-refractivity contribution >= 4 is 10.9 Å². The number of nitrogens with zero attached hydrogens (tertiary/aromatic N) is 2. The molecule has 3 heterocycles. The van der Waals surface area contributed by atoms with Crippen molar-refractivity contribution in [2.75, 3.05) is 13.1 Å². The molecule has 4 rings (SSSR count). The zero-order chi connectivity index (χ0) is 21.5. The number of fused-ring (bicyclic) bond motifs is 4. The van der Waals surface area contributed by atoms with Gasteiger partial charge in [-0.05, 0) is 71.2 Å². The first-order valence-electron chi connectivity index (χ1n) is 11.7. The molecule has 1 aromatic heterocycles. The SMILES string of the molecule is C/C=C/N1CCCC2(CC)CC(C)(O)n3c(c(c4ccccc43)CC1)C2OC(C)C. The number of ether oxygens (including phenoxy) is 1. The number of para-hydroxylation sites is 1. The van der Waals surface area contributed by atoms with Crippen LogP contribution in [0.1, 0.15) is 77.7 Å². The lowest BCUT2D eigenvalue weighted by atomic mass is 9.66. The van der Waals surface area contributed by atoms with Crippen LogP contribution in [0.3, 0.4) is 0 Å². The second kappa shape index (κ2) is 8.05. The molecule has 0 saturated carbocycles. The summed E-state index contributed by atoms with van der Waals surface area (Å²) in [6, 6.07) is 8.58. The second-order valence-electron chi connectivity index (χ2n) is 9.76. The Kier molecular flexibility index (Phi) is 5.75. The van der Waals surface area contributed by atoms with E-state index < -0.39 is 5.72 Å². The lowest BCUT2D eigenvalue weighted by Crippen LogP contribution is -2.49. The highest BCUT2D eigenvalue weighted by molar-refractivity contribution is 5.86. The van der Waals surface area contributed by atoms with Gasteiger partial charge in [-0.15, -0.1) is 0 Å². The van der Waals surface area contributed by atoms with Gasteiger partial charge in [-0.25, -0.2) is 0 Å². The average molecular weight is 411 g/mol. The Balaban J connectivity index is 2.00. The third kappa shape index (κ3) is 3.48. The summed E-state index contributed by atoms with van der Waals surface area (Å²) in [7, 11) is 0. The van der Waals surface area contributed by atoms with Crippen molar-refractivity contribution in [3.05, 3.63) is 47.8 Å². The molecule has 4 heteroatoms. The first kappa shape index (κ1) is 21.5. The third-order valence-electron chi connectivity index (χ3n) is 7.23. The van der Waals surface area contributed by atoms with Gasteiger partial charge in [-0.3, -0.25) is 0 Å². The normalized spacial score (nSPS) is 29.8. The molecule has 2 aliphatic rings. The van der Waals surface area contributed by atoms with Gasteiger partial charge in [0.05, 0.1) is 17.3 Å². The molecule has 2 aliphatic heterocycles. The lowest BCUT2D eigenvalue weighted by molar-refractivity contribution is -0.165. The minimum Gasteiger partial charge on any atom is -0.377 e. The Morgan fingerprint density at radius 3 is 2.73 bits per heavy atom. The predicted octanol–water partition coefficient (Wildman–Crippen LogP) is 5.74. The zero-order valence-electron chi connectivity index (χ0n) is 19.3. The number of aromatic nitrogens is 1. The van der Waals surface area contributed by atoms with Gasteiger partial charge in [0.2, 0.25) is 0 Å². The fourth-order valence-corrected chi connectivity index (χ4v) is 6.06. The highest BCUT2D eigenvalue weighted by Gasteiger charge is 2.52. The third-order valence-corrected chi connectivity index (χ3v) is 7.23. The monoisotopic (exact) mass is 410 g/mol. The van der Waals surface area contributed by atoms with Crippen LogP contribution < -0.4 is 0 Å². The number of benzene rings is 1. The van der Waals surface area contributed by atoms with Crippen molar-refractivity contribution in [3.8, 4) is 0 Å². The quantitative estimate of drug-likeness (QED) is 0.698. The molecule has 1 N–H and O–H groups in total. The summed E-state index contributed by atoms with van der Waals surface area (Å²) in [5.74, 6) is 0. The van der Waals surface area contributed by atoms with Crippen LogP contribution in [-0.2, 0) is 16.9 Å². The van der Waals surface area contributed by atoms with E-state index in [0.717, 1.165) is 50.7 Å². The van der Waals surface area contributed by atoms with Crippen molar-refractivity contribution < 1.29 is 9.84 Å². The van der Waals surface area contributed by atoms with Gasteiger partial charge in [0, 0.05) is 30.3 Å². The molecular weight excluding hydrogens is 372 g/mol. The van der Waals surface area contributed by atoms with Crippen LogP contribution in [0.2, 0.25) is 0 Å². The fraction of sp³-hybridized carbons (Fsp3) is 0.615. The van der Waals surface area contributed by atoms with Crippen LogP contribution in [0, 0.1) is 5.41 Å². The van der Waals surface area contributed by atoms with Crippen LogP contribution in [-0.4, -0.2) is 33.8 Å². The summed E-state index contributed by atoms with van der Waals surface area (Å²) in [5.41, 5.74) is 2.72. The molecule has 0 aliphatic carbocycles. The van der Waals surface area contributed by atoms with Gasteiger partial charge >= 0.3 is 0 Å². The van der Waals surface area contributed by atoms with Crippen LogP contribution in [0.4, 0.5) is 0 Å². The maximum Gasteiger partial charge on any atom is 0.139 e. The van der Waals surface area contributed by atoms with Crippen molar-refractivity contribution in [2.24, 2.45) is 5.41 Å². The van der Waals surface area contributed by atoms with Crippen molar-refractivity contribution in [3.63, 3.8) is 0 Å². The Hall–Kier alpha value is -1.78. The summed E-state index contributed by atoms with van der Waals surface area (Å²) >= 11 is 0. The molecular formula is C26H38N2O2. The minimum atomic E-state index is -0.914. The van der Waals surface area contributed by atoms with Gasteiger partial charge in [-0.2, -0.15) is 0 Å². The standard InChI is InChI=1S/C26H38N2O2/c1-6-15-27-16-10-14-26(7-2)18-25(5,29)28-22-12-9-8-11-20(22)21(13-17-27)23(28)24(26)30-19(3)4/h6,8-9,11-12,15,19,24,29H,7,10,13-14,16-18H2,1-5H3/b15-6+. The zero-order valence-corrected chi connectivity index (χ0v) is 19.3. The summed E-state index contributed by atoms with van der Waals surface area (Å²) in [5, 5.41) is 13.1. The van der Waals surface area contributed by atoms with E-state index in [9.17, 15) is 5.11 Å². The van der Waals surface area contributed by atoms with Gasteiger partial charge in [0.1, 0.15) is 11.8 Å². The van der Waals surface area contributed by atoms with Crippen LogP contribution in [0.5, 0.6) is 0 Å². The Morgan fingerprint density at radius 2 is 2.03 bits per heavy atom. The number of hydrogen-bond acceptors (Lipinski definition) is 3. The number of rotatable bonds is 4. The van der Waals surface area contributed by atoms with Crippen molar-refractivity contribution in [2.45, 2.75) is 84.7 Å². The molecule has 0 radical (unpaired) electrons. The smallest absolute Gasteiger partial charge is 0.139 e. The molecule has 0 saturated heterocycles. The molecule has 0 fully saturated rings. The van der Waals surface area contributed by atoms with E-state index in [1.54, 1.807) is 0 Å². The van der Waals surface area contributed by atoms with E-state index >= 15 is 0 Å². The maximum absolute atomic E-state index is 11.8. The number of allylic oxidation sites excluding steroid dienone is 1. The van der Waals surface area contributed by atoms with Gasteiger partial charge in [-0.1, -0.05) is 31.2 Å². The van der Waals surface area contributed by atoms with E-state index in [2.05, 4.69) is 73.7 Å². The number of hydrogen-bond donors (Lipinski definition) is 1. The van der Waals surface area contributed by atoms with E-state index in [1.807, 2.05) is 6.92 Å². The average Bonchev–Trinajstić information content (AvgIpc) is 3.03. The van der Waals surface area contributed by atoms with Crippen molar-refractivity contribution in [1.82, 2.24) is 9.47 Å². The van der Waals surface area contributed by atoms with Gasteiger partial charge in [0.25, 0.3) is 0 Å². The fourth-order valence-electron chi connectivity index (χ4n) is 6.06. The summed E-state index contributed by atoms with van der Waals surface area (Å²) in [6.45, 7) is 12.7. The van der Waals surface area contributed by atoms with Gasteiger partial charge in [0.15, 0.2) is 0 Å². The van der Waals surface area contributed by atoms with E-state index in [0.29, 0.717) is 0 Å². The minimum absolute atomic E-state index is 0.0124. The van der Waals surface area contributed by atoms with E-state index in [1.165, 1.54) is 16.6 Å². The molecule has 2 bridgehead atoms. The second-order valence-corrected chi connectivity index (χ2v) is 9.76.